The predicted octanol–water partition coefficient (Wildman–Crippen LogP) is 4.50. The van der Waals surface area contributed by atoms with Crippen LogP contribution in [0.2, 0.25) is 0 Å². The summed E-state index contributed by atoms with van der Waals surface area (Å²) in [7, 11) is 5.16. The number of nitrogens with zero attached hydrogens (tertiary/aromatic N) is 7. The molecular weight excluding hydrogens is 891 g/mol. The minimum atomic E-state index is -1.53. The molecule has 3 aromatic rings. The summed E-state index contributed by atoms with van der Waals surface area (Å²) in [6.45, 7) is 19.3. The second-order valence-electron chi connectivity index (χ2n) is 19.4. The number of rotatable bonds is 16. The van der Waals surface area contributed by atoms with Gasteiger partial charge in [-0.15, -0.1) is 6.58 Å². The molecule has 1 amide bonds. The first-order valence-electron chi connectivity index (χ1n) is 24.1. The Morgan fingerprint density at radius 1 is 1.09 bits per heavy atom. The zero-order valence-electron chi connectivity index (χ0n) is 42.0. The number of aromatic nitrogens is 5. The molecule has 6 rings (SSSR count). The number of aliphatic hydroxyl groups is 1. The van der Waals surface area contributed by atoms with Gasteiger partial charge in [0.15, 0.2) is 23.4 Å². The van der Waals surface area contributed by atoms with E-state index in [1.54, 1.807) is 85.4 Å². The third-order valence-electron chi connectivity index (χ3n) is 14.4. The zero-order chi connectivity index (χ0) is 50.4. The third-order valence-corrected chi connectivity index (χ3v) is 14.4. The molecule has 20 heteroatoms. The SMILES string of the molecule is C=CCN(C)[C@@H]1C[C@H](C)O[C@H](O[C@@H]2[C@@H](C)[C@H](OC(=O)Cc3ccccn3)[C@@H](C)C(=O)O[C@H](CC)[C@@]3(C)OC(=O)N(NCCCn4cnc5c(NC)ncnc54)[C@@H]3[C@@H](C)C(=O)[C@H](C)C[C@@]2(C)OC)[C@H]1O. The van der Waals surface area contributed by atoms with Crippen molar-refractivity contribution in [1.82, 2.24) is 39.8 Å². The highest BCUT2D eigenvalue weighted by molar-refractivity contribution is 5.85. The molecule has 20 nitrogen and oxygen atoms in total. The van der Waals surface area contributed by atoms with Crippen molar-refractivity contribution in [2.24, 2.45) is 23.7 Å². The molecule has 0 saturated carbocycles. The number of cyclic esters (lactones) is 1. The lowest BCUT2D eigenvalue weighted by Crippen LogP contribution is -2.62. The molecule has 0 unspecified atom stereocenters. The van der Waals surface area contributed by atoms with Gasteiger partial charge >= 0.3 is 18.0 Å². The summed E-state index contributed by atoms with van der Waals surface area (Å²) in [6, 6.07) is 3.87. The summed E-state index contributed by atoms with van der Waals surface area (Å²) in [5, 5.41) is 16.3. The van der Waals surface area contributed by atoms with Gasteiger partial charge in [0.2, 0.25) is 0 Å². The summed E-state index contributed by atoms with van der Waals surface area (Å²) in [5.74, 6) is -4.57. The Kier molecular flexibility index (Phi) is 17.6. The van der Waals surface area contributed by atoms with E-state index in [2.05, 4.69) is 37.3 Å². The molecule has 3 N–H and O–H groups in total. The van der Waals surface area contributed by atoms with Crippen LogP contribution in [0.4, 0.5) is 10.6 Å². The number of anilines is 1. The van der Waals surface area contributed by atoms with Crippen LogP contribution in [0.5, 0.6) is 0 Å². The van der Waals surface area contributed by atoms with Crippen molar-refractivity contribution in [3.05, 3.63) is 55.4 Å². The van der Waals surface area contributed by atoms with E-state index < -0.39 is 89.7 Å². The molecule has 3 aliphatic heterocycles. The second kappa shape index (κ2) is 22.7. The fourth-order valence-corrected chi connectivity index (χ4v) is 10.7. The lowest BCUT2D eigenvalue weighted by Gasteiger charge is -2.48. The number of imidazole rings is 1. The number of fused-ring (bicyclic) bond motifs is 2. The first-order valence-corrected chi connectivity index (χ1v) is 24.1. The van der Waals surface area contributed by atoms with Crippen molar-refractivity contribution in [1.29, 1.82) is 0 Å². The molecule has 3 saturated heterocycles. The topological polar surface area (TPSA) is 231 Å². The Hall–Kier alpha value is -5.12. The van der Waals surface area contributed by atoms with Crippen LogP contribution in [-0.4, -0.2) is 158 Å². The number of nitrogens with one attached hydrogen (secondary N) is 2. The van der Waals surface area contributed by atoms with Crippen molar-refractivity contribution in [2.75, 3.05) is 39.6 Å². The molecule has 3 aliphatic rings. The van der Waals surface area contributed by atoms with Crippen molar-refractivity contribution in [2.45, 2.75) is 154 Å². The van der Waals surface area contributed by atoms with Crippen LogP contribution in [0.15, 0.2) is 49.7 Å². The maximum absolute atomic E-state index is 15.1. The number of aryl methyl sites for hydroxylation is 1. The van der Waals surface area contributed by atoms with Gasteiger partial charge < -0.3 is 43.4 Å². The molecular formula is C49H73N9O11. The number of aliphatic hydroxyl groups excluding tert-OH is 1. The number of carbonyl (C=O) groups is 4. The van der Waals surface area contributed by atoms with Gasteiger partial charge in [0.05, 0.1) is 42.2 Å². The van der Waals surface area contributed by atoms with Crippen LogP contribution in [0, 0.1) is 23.7 Å². The molecule has 0 aromatic carbocycles. The number of carbonyl (C=O) groups excluding carboxylic acids is 4. The van der Waals surface area contributed by atoms with E-state index in [4.69, 9.17) is 28.4 Å². The largest absolute Gasteiger partial charge is 0.461 e. The van der Waals surface area contributed by atoms with Crippen LogP contribution in [0.3, 0.4) is 0 Å². The molecule has 69 heavy (non-hydrogen) atoms. The van der Waals surface area contributed by atoms with E-state index in [9.17, 15) is 19.5 Å². The van der Waals surface area contributed by atoms with Gasteiger partial charge in [-0.1, -0.05) is 39.8 Å². The number of Topliss-reactive ketones (excluding diaryl/α,β-unsaturated/α-hetero) is 1. The highest BCUT2D eigenvalue weighted by atomic mass is 16.7. The fourth-order valence-electron chi connectivity index (χ4n) is 10.7. The van der Waals surface area contributed by atoms with Crippen LogP contribution in [0.25, 0.3) is 11.2 Å². The van der Waals surface area contributed by atoms with Gasteiger partial charge in [-0.2, -0.15) is 0 Å². The average molecular weight is 964 g/mol. The van der Waals surface area contributed by atoms with Gasteiger partial charge in [0, 0.05) is 63.8 Å². The molecule has 6 heterocycles. The van der Waals surface area contributed by atoms with E-state index in [1.165, 1.54) is 18.4 Å². The Morgan fingerprint density at radius 3 is 2.51 bits per heavy atom. The maximum Gasteiger partial charge on any atom is 0.425 e. The number of methoxy groups -OCH3 is 1. The van der Waals surface area contributed by atoms with Gasteiger partial charge in [-0.05, 0) is 72.6 Å². The normalized spacial score (nSPS) is 33.6. The molecule has 0 spiro atoms. The molecule has 380 valence electrons. The van der Waals surface area contributed by atoms with E-state index >= 15 is 4.79 Å². The number of ketones is 1. The summed E-state index contributed by atoms with van der Waals surface area (Å²) in [5.41, 5.74) is 2.12. The summed E-state index contributed by atoms with van der Waals surface area (Å²) >= 11 is 0. The van der Waals surface area contributed by atoms with E-state index in [1.807, 2.05) is 30.4 Å². The number of pyridine rings is 1. The lowest BCUT2D eigenvalue weighted by molar-refractivity contribution is -0.302. The van der Waals surface area contributed by atoms with Crippen molar-refractivity contribution in [3.63, 3.8) is 0 Å². The second-order valence-corrected chi connectivity index (χ2v) is 19.4. The quantitative estimate of drug-likeness (QED) is 0.0776. The number of amides is 1. The number of hydrazine groups is 1. The summed E-state index contributed by atoms with van der Waals surface area (Å²) in [4.78, 5) is 77.3. The molecule has 0 bridgehead atoms. The minimum absolute atomic E-state index is 0.0772. The highest BCUT2D eigenvalue weighted by Gasteiger charge is 2.61. The first kappa shape index (κ1) is 53.2. The predicted molar refractivity (Wildman–Crippen MR) is 254 cm³/mol. The molecule has 3 aromatic heterocycles. The van der Waals surface area contributed by atoms with Crippen molar-refractivity contribution in [3.8, 4) is 0 Å². The van der Waals surface area contributed by atoms with Crippen LogP contribution in [-0.2, 0) is 55.8 Å². The average Bonchev–Trinajstić information content (AvgIpc) is 3.86. The standard InChI is InChI=1S/C49H73N9O11/c1-13-21-56(11)34-23-29(4)65-46(39(34)61)68-42-31(6)40(67-36(59)24-33-18-15-16-19-51-33)32(7)45(62)66-35(14-2)49(9)41(30(5)38(60)28(3)25-48(42,8)64-12)58(47(63)69-49)55-20-17-22-57-27-54-37-43(50-10)52-26-53-44(37)57/h13,15-16,18-19,26-32,34-35,39-42,46,55,61H,1,14,17,20-25H2,2-12H3,(H,50,52,53)/t28-,29+,30+,31+,32-,34-,35-,39+,40+,41-,42-,46-,48-,49-/m1/s1. The monoisotopic (exact) mass is 964 g/mol. The highest BCUT2D eigenvalue weighted by Crippen LogP contribution is 2.43. The smallest absolute Gasteiger partial charge is 0.425 e. The molecule has 0 aliphatic carbocycles. The molecule has 0 radical (unpaired) electrons. The number of hydrogen-bond acceptors (Lipinski definition) is 18. The van der Waals surface area contributed by atoms with Gasteiger partial charge in [0.1, 0.15) is 42.0 Å². The van der Waals surface area contributed by atoms with Gasteiger partial charge in [-0.3, -0.25) is 24.3 Å². The van der Waals surface area contributed by atoms with Crippen molar-refractivity contribution < 1.29 is 52.7 Å². The Bertz CT molecular complexity index is 2250. The Balaban J connectivity index is 1.37. The minimum Gasteiger partial charge on any atom is -0.461 e. The Morgan fingerprint density at radius 2 is 1.84 bits per heavy atom. The van der Waals surface area contributed by atoms with Crippen LogP contribution >= 0.6 is 0 Å². The third kappa shape index (κ3) is 11.4. The fraction of sp³-hybridized carbons (Fsp3) is 0.673. The van der Waals surface area contributed by atoms with E-state index in [0.29, 0.717) is 48.6 Å². The molecule has 14 atom stereocenters. The number of hydrogen-bond donors (Lipinski definition) is 3. The number of ether oxygens (including phenoxy) is 6. The van der Waals surface area contributed by atoms with Crippen LogP contribution in [0.1, 0.15) is 86.8 Å². The zero-order valence-corrected chi connectivity index (χ0v) is 42.0. The van der Waals surface area contributed by atoms with Gasteiger partial charge in [-0.25, -0.2) is 30.2 Å². The van der Waals surface area contributed by atoms with E-state index in [0.717, 1.165) is 0 Å². The van der Waals surface area contributed by atoms with Gasteiger partial charge in [0.25, 0.3) is 0 Å². The number of likely N-dealkylation sites (N-methyl/N-ethyl adjacent to an activating group) is 1. The first-order chi connectivity index (χ1) is 32.8. The maximum atomic E-state index is 15.1. The lowest BCUT2D eigenvalue weighted by atomic mass is 9.73. The Labute approximate surface area is 405 Å². The summed E-state index contributed by atoms with van der Waals surface area (Å²) in [6.07, 6.45) is 0.871. The molecule has 3 fully saturated rings. The van der Waals surface area contributed by atoms with Crippen LogP contribution < -0.4 is 10.7 Å². The summed E-state index contributed by atoms with van der Waals surface area (Å²) < 4.78 is 40.5. The number of esters is 2. The van der Waals surface area contributed by atoms with E-state index in [-0.39, 0.29) is 43.7 Å². The van der Waals surface area contributed by atoms with Crippen molar-refractivity contribution >= 4 is 40.8 Å².